The van der Waals surface area contributed by atoms with Crippen LogP contribution in [0.1, 0.15) is 11.3 Å². The van der Waals surface area contributed by atoms with Gasteiger partial charge >= 0.3 is 0 Å². The third-order valence-corrected chi connectivity index (χ3v) is 4.42. The molecule has 134 valence electrons. The smallest absolute Gasteiger partial charge is 0.272 e. The monoisotopic (exact) mass is 361 g/mol. The number of hydrogen-bond acceptors (Lipinski definition) is 5. The molecule has 0 spiro atoms. The first-order valence-corrected chi connectivity index (χ1v) is 8.29. The summed E-state index contributed by atoms with van der Waals surface area (Å²) < 4.78 is 14.4. The summed E-state index contributed by atoms with van der Waals surface area (Å²) in [6, 6.07) is 13.6. The number of nitrogens with two attached hydrogens (primary N) is 2. The van der Waals surface area contributed by atoms with E-state index in [1.807, 2.05) is 12.1 Å². The highest BCUT2D eigenvalue weighted by Crippen LogP contribution is 2.27. The van der Waals surface area contributed by atoms with Crippen molar-refractivity contribution < 1.29 is 4.39 Å². The molecule has 4 rings (SSSR count). The van der Waals surface area contributed by atoms with Gasteiger partial charge in [0.25, 0.3) is 5.56 Å². The molecule has 4 aromatic rings. The maximum atomic E-state index is 14.4. The van der Waals surface area contributed by atoms with Crippen LogP contribution in [0, 0.1) is 5.82 Å². The van der Waals surface area contributed by atoms with E-state index in [2.05, 4.69) is 15.2 Å². The zero-order valence-corrected chi connectivity index (χ0v) is 14.2. The van der Waals surface area contributed by atoms with Crippen LogP contribution >= 0.6 is 0 Å². The summed E-state index contributed by atoms with van der Waals surface area (Å²) in [5.41, 5.74) is 14.2. The van der Waals surface area contributed by atoms with Gasteiger partial charge in [0.05, 0.1) is 34.3 Å². The fourth-order valence-electron chi connectivity index (χ4n) is 3.01. The molecule has 0 amide bonds. The molecule has 0 saturated heterocycles. The number of nitrogen functional groups attached to an aromatic ring is 2. The maximum absolute atomic E-state index is 14.4. The van der Waals surface area contributed by atoms with Crippen molar-refractivity contribution in [3.63, 3.8) is 0 Å². The number of aromatic nitrogens is 3. The van der Waals surface area contributed by atoms with E-state index < -0.39 is 5.82 Å². The highest BCUT2D eigenvalue weighted by atomic mass is 19.1. The molecule has 0 aliphatic carbocycles. The van der Waals surface area contributed by atoms with Crippen molar-refractivity contribution in [2.24, 2.45) is 0 Å². The number of H-pyrrole nitrogens is 1. The van der Waals surface area contributed by atoms with E-state index in [-0.39, 0.29) is 5.56 Å². The molecule has 0 atom stereocenters. The van der Waals surface area contributed by atoms with Crippen molar-refractivity contribution in [1.82, 2.24) is 15.2 Å². The van der Waals surface area contributed by atoms with Crippen molar-refractivity contribution >= 4 is 22.1 Å². The lowest BCUT2D eigenvalue weighted by molar-refractivity contribution is 0.630. The summed E-state index contributed by atoms with van der Waals surface area (Å²) in [4.78, 5) is 16.1. The zero-order chi connectivity index (χ0) is 19.0. The number of halogens is 1. The van der Waals surface area contributed by atoms with Crippen LogP contribution in [-0.4, -0.2) is 15.2 Å². The summed E-state index contributed by atoms with van der Waals surface area (Å²) >= 11 is 0. The average Bonchev–Trinajstić information content (AvgIpc) is 2.68. The molecule has 27 heavy (non-hydrogen) atoms. The molecule has 0 aliphatic rings. The van der Waals surface area contributed by atoms with Crippen molar-refractivity contribution in [2.75, 3.05) is 11.5 Å². The molecule has 6 nitrogen and oxygen atoms in total. The normalized spacial score (nSPS) is 11.0. The quantitative estimate of drug-likeness (QED) is 0.520. The highest BCUT2D eigenvalue weighted by molar-refractivity contribution is 5.83. The van der Waals surface area contributed by atoms with Gasteiger partial charge in [-0.2, -0.15) is 5.10 Å². The molecule has 2 aromatic heterocycles. The number of anilines is 2. The van der Waals surface area contributed by atoms with E-state index in [9.17, 15) is 9.18 Å². The standard InChI is InChI=1S/C20H16FN5O/c21-15-6-5-11(7-14(15)18-9-16(22)17(23)10-24-18)8-19-12-3-1-2-4-13(12)20(27)26-25-19/h1-7,9-10H,8,23H2,(H2,22,24)(H,26,27). The predicted octanol–water partition coefficient (Wildman–Crippen LogP) is 2.88. The molecule has 0 aliphatic heterocycles. The van der Waals surface area contributed by atoms with Gasteiger partial charge in [0.15, 0.2) is 0 Å². The van der Waals surface area contributed by atoms with Crippen molar-refractivity contribution in [3.05, 3.63) is 82.2 Å². The van der Waals surface area contributed by atoms with E-state index >= 15 is 0 Å². The molecule has 0 saturated carbocycles. The minimum atomic E-state index is -0.408. The van der Waals surface area contributed by atoms with Gasteiger partial charge in [0.2, 0.25) is 0 Å². The van der Waals surface area contributed by atoms with Crippen LogP contribution in [0.25, 0.3) is 22.0 Å². The summed E-state index contributed by atoms with van der Waals surface area (Å²) in [6.45, 7) is 0. The Kier molecular flexibility index (Phi) is 4.04. The Labute approximate surface area is 153 Å². The topological polar surface area (TPSA) is 111 Å². The Bertz CT molecular complexity index is 1220. The van der Waals surface area contributed by atoms with Crippen LogP contribution in [-0.2, 0) is 6.42 Å². The minimum Gasteiger partial charge on any atom is -0.397 e. The van der Waals surface area contributed by atoms with Gasteiger partial charge in [0, 0.05) is 17.4 Å². The van der Waals surface area contributed by atoms with Crippen LogP contribution in [0.2, 0.25) is 0 Å². The number of rotatable bonds is 3. The van der Waals surface area contributed by atoms with Crippen LogP contribution in [0.15, 0.2) is 59.5 Å². The minimum absolute atomic E-state index is 0.240. The number of pyridine rings is 1. The molecular formula is C20H16FN5O. The largest absolute Gasteiger partial charge is 0.397 e. The number of fused-ring (bicyclic) bond motifs is 1. The van der Waals surface area contributed by atoms with E-state index in [4.69, 9.17) is 11.5 Å². The third-order valence-electron chi connectivity index (χ3n) is 4.42. The fourth-order valence-corrected chi connectivity index (χ4v) is 3.01. The number of aromatic amines is 1. The van der Waals surface area contributed by atoms with Crippen molar-refractivity contribution in [3.8, 4) is 11.3 Å². The molecule has 0 fully saturated rings. The molecule has 0 radical (unpaired) electrons. The maximum Gasteiger partial charge on any atom is 0.272 e. The van der Waals surface area contributed by atoms with E-state index in [1.165, 1.54) is 12.3 Å². The second-order valence-corrected chi connectivity index (χ2v) is 6.23. The summed E-state index contributed by atoms with van der Waals surface area (Å²) in [7, 11) is 0. The molecule has 0 bridgehead atoms. The molecule has 7 heteroatoms. The summed E-state index contributed by atoms with van der Waals surface area (Å²) in [5.74, 6) is -0.408. The Hall–Kier alpha value is -3.74. The van der Waals surface area contributed by atoms with E-state index in [1.54, 1.807) is 30.3 Å². The van der Waals surface area contributed by atoms with Crippen LogP contribution in [0.3, 0.4) is 0 Å². The van der Waals surface area contributed by atoms with Gasteiger partial charge < -0.3 is 11.5 Å². The van der Waals surface area contributed by atoms with Gasteiger partial charge in [-0.1, -0.05) is 24.3 Å². The third kappa shape index (κ3) is 3.10. The number of benzene rings is 2. The zero-order valence-electron chi connectivity index (χ0n) is 14.2. The van der Waals surface area contributed by atoms with E-state index in [0.717, 1.165) is 10.9 Å². The van der Waals surface area contributed by atoms with E-state index in [0.29, 0.717) is 40.1 Å². The molecular weight excluding hydrogens is 345 g/mol. The van der Waals surface area contributed by atoms with Crippen molar-refractivity contribution in [2.45, 2.75) is 6.42 Å². The van der Waals surface area contributed by atoms with Gasteiger partial charge in [-0.15, -0.1) is 0 Å². The number of nitrogens with zero attached hydrogens (tertiary/aromatic N) is 2. The molecule has 0 unspecified atom stereocenters. The lowest BCUT2D eigenvalue weighted by Crippen LogP contribution is -2.11. The second kappa shape index (κ2) is 6.53. The Balaban J connectivity index is 1.77. The highest BCUT2D eigenvalue weighted by Gasteiger charge is 2.12. The lowest BCUT2D eigenvalue weighted by Gasteiger charge is -2.09. The first kappa shape index (κ1) is 16.7. The Morgan fingerprint density at radius 2 is 1.78 bits per heavy atom. The molecule has 2 heterocycles. The first-order chi connectivity index (χ1) is 13.0. The first-order valence-electron chi connectivity index (χ1n) is 8.29. The SMILES string of the molecule is Nc1cnc(-c2cc(Cc3n[nH]c(=O)c4ccccc34)ccc2F)cc1N. The number of nitrogens with one attached hydrogen (secondary N) is 1. The van der Waals surface area contributed by atoms with Crippen LogP contribution < -0.4 is 17.0 Å². The van der Waals surface area contributed by atoms with Gasteiger partial charge in [-0.05, 0) is 29.8 Å². The van der Waals surface area contributed by atoms with Gasteiger partial charge in [0.1, 0.15) is 5.82 Å². The fraction of sp³-hybridized carbons (Fsp3) is 0.0500. The van der Waals surface area contributed by atoms with Gasteiger partial charge in [-0.3, -0.25) is 9.78 Å². The Morgan fingerprint density at radius 1 is 1.00 bits per heavy atom. The molecule has 5 N–H and O–H groups in total. The lowest BCUT2D eigenvalue weighted by atomic mass is 10.0. The van der Waals surface area contributed by atoms with Crippen molar-refractivity contribution in [1.29, 1.82) is 0 Å². The summed E-state index contributed by atoms with van der Waals surface area (Å²) in [5, 5.41) is 8.01. The van der Waals surface area contributed by atoms with Crippen LogP contribution in [0.4, 0.5) is 15.8 Å². The number of hydrogen-bond donors (Lipinski definition) is 3. The predicted molar refractivity (Wildman–Crippen MR) is 104 cm³/mol. The molecule has 2 aromatic carbocycles. The van der Waals surface area contributed by atoms with Crippen LogP contribution in [0.5, 0.6) is 0 Å². The summed E-state index contributed by atoms with van der Waals surface area (Å²) in [6.07, 6.45) is 1.84. The average molecular weight is 361 g/mol. The second-order valence-electron chi connectivity index (χ2n) is 6.23. The van der Waals surface area contributed by atoms with Gasteiger partial charge in [-0.25, -0.2) is 9.49 Å². The Morgan fingerprint density at radius 3 is 2.56 bits per heavy atom.